The number of nitrogens with zero attached hydrogens (tertiary/aromatic N) is 2. The molecular weight excluding hydrogens is 418 g/mol. The first-order valence-electron chi connectivity index (χ1n) is 9.66. The normalized spacial score (nSPS) is 11.4. The van der Waals surface area contributed by atoms with Crippen molar-refractivity contribution in [1.82, 2.24) is 9.97 Å². The van der Waals surface area contributed by atoms with Crippen LogP contribution in [0.4, 0.5) is 26.0 Å². The largest absolute Gasteiger partial charge is 0.478 e. The van der Waals surface area contributed by atoms with Gasteiger partial charge in [0.1, 0.15) is 5.82 Å². The minimum absolute atomic E-state index is 0.0458. The van der Waals surface area contributed by atoms with Crippen molar-refractivity contribution in [2.45, 2.75) is 33.0 Å². The van der Waals surface area contributed by atoms with E-state index in [1.54, 1.807) is 13.0 Å². The number of aromatic nitrogens is 2. The zero-order chi connectivity index (χ0) is 22.9. The summed E-state index contributed by atoms with van der Waals surface area (Å²) in [5.41, 5.74) is 6.76. The van der Waals surface area contributed by atoms with E-state index in [1.165, 1.54) is 24.5 Å². The summed E-state index contributed by atoms with van der Waals surface area (Å²) in [7, 11) is -1.69. The summed E-state index contributed by atoms with van der Waals surface area (Å²) < 4.78 is 28.9. The molecule has 0 fully saturated rings. The van der Waals surface area contributed by atoms with Crippen molar-refractivity contribution in [1.29, 1.82) is 0 Å². The van der Waals surface area contributed by atoms with Crippen LogP contribution >= 0.6 is 0 Å². The maximum atomic E-state index is 14.7. The Kier molecular flexibility index (Phi) is 6.07. The van der Waals surface area contributed by atoms with E-state index in [0.29, 0.717) is 11.3 Å². The Labute approximate surface area is 180 Å². The predicted molar refractivity (Wildman–Crippen MR) is 120 cm³/mol. The van der Waals surface area contributed by atoms with Gasteiger partial charge in [0.15, 0.2) is 11.6 Å². The van der Waals surface area contributed by atoms with Crippen molar-refractivity contribution in [3.8, 4) is 0 Å². The Morgan fingerprint density at radius 1 is 1.16 bits per heavy atom. The van der Waals surface area contributed by atoms with Crippen LogP contribution in [0.5, 0.6) is 0 Å². The smallest absolute Gasteiger partial charge is 0.338 e. The van der Waals surface area contributed by atoms with Gasteiger partial charge < -0.3 is 16.2 Å². The Morgan fingerprint density at radius 3 is 2.48 bits per heavy atom. The van der Waals surface area contributed by atoms with E-state index >= 15 is 0 Å². The lowest BCUT2D eigenvalue weighted by Crippen LogP contribution is -2.37. The number of carboxylic acids is 1. The van der Waals surface area contributed by atoms with E-state index in [9.17, 15) is 18.7 Å². The lowest BCUT2D eigenvalue weighted by molar-refractivity contribution is 0.0697. The molecule has 4 N–H and O–H groups in total. The third-order valence-electron chi connectivity index (χ3n) is 5.10. The number of nitrogens with one attached hydrogen (secondary N) is 1. The molecule has 2 aromatic heterocycles. The van der Waals surface area contributed by atoms with E-state index in [0.717, 1.165) is 5.19 Å². The van der Waals surface area contributed by atoms with E-state index in [-0.39, 0.29) is 34.7 Å². The molecule has 0 saturated heterocycles. The van der Waals surface area contributed by atoms with Gasteiger partial charge in [0.2, 0.25) is 0 Å². The number of halogens is 2. The van der Waals surface area contributed by atoms with Gasteiger partial charge in [0, 0.05) is 18.3 Å². The van der Waals surface area contributed by atoms with Gasteiger partial charge in [-0.3, -0.25) is 4.98 Å². The Balaban J connectivity index is 1.98. The van der Waals surface area contributed by atoms with Crippen LogP contribution in [-0.2, 0) is 6.42 Å². The third-order valence-corrected chi connectivity index (χ3v) is 7.14. The molecule has 9 heteroatoms. The highest BCUT2D eigenvalue weighted by Crippen LogP contribution is 2.28. The molecule has 0 spiro atoms. The molecule has 162 valence electrons. The number of hydrogen-bond acceptors (Lipinski definition) is 5. The average molecular weight is 443 g/mol. The highest BCUT2D eigenvalue weighted by molar-refractivity contribution is 6.88. The number of rotatable bonds is 6. The topological polar surface area (TPSA) is 101 Å². The molecule has 6 nitrogen and oxygen atoms in total. The standard InChI is InChI=1S/C22H24F2N4O2Si/c1-12-17(9-13-7-8-26-21(25)20(13)24)27-11-18(19(12)22(29)30)28-16-6-5-14(10-15(16)23)31(2,3)4/h5-8,10-11,28H,9H2,1-4H3,(H2,25,26)(H,29,30). The number of anilines is 3. The van der Waals surface area contributed by atoms with Crippen LogP contribution in [0, 0.1) is 18.6 Å². The molecule has 0 saturated carbocycles. The first-order chi connectivity index (χ1) is 14.5. The van der Waals surface area contributed by atoms with E-state index in [4.69, 9.17) is 5.73 Å². The Hall–Kier alpha value is -3.33. The Morgan fingerprint density at radius 2 is 1.87 bits per heavy atom. The minimum atomic E-state index is -1.69. The highest BCUT2D eigenvalue weighted by Gasteiger charge is 2.21. The summed E-state index contributed by atoms with van der Waals surface area (Å²) in [4.78, 5) is 20.0. The molecule has 0 amide bonds. The van der Waals surface area contributed by atoms with Crippen LogP contribution in [0.2, 0.25) is 19.6 Å². The fourth-order valence-corrected chi connectivity index (χ4v) is 4.39. The minimum Gasteiger partial charge on any atom is -0.478 e. The van der Waals surface area contributed by atoms with Gasteiger partial charge in [-0.25, -0.2) is 18.6 Å². The second-order valence-electron chi connectivity index (χ2n) is 8.34. The van der Waals surface area contributed by atoms with E-state index in [1.807, 2.05) is 6.07 Å². The number of pyridine rings is 2. The van der Waals surface area contributed by atoms with Gasteiger partial charge in [-0.15, -0.1) is 0 Å². The Bertz CT molecular complexity index is 1160. The van der Waals surface area contributed by atoms with Gasteiger partial charge in [-0.1, -0.05) is 30.9 Å². The molecule has 3 rings (SSSR count). The maximum absolute atomic E-state index is 14.7. The molecule has 0 unspecified atom stereocenters. The van der Waals surface area contributed by atoms with Crippen LogP contribution < -0.4 is 16.2 Å². The summed E-state index contributed by atoms with van der Waals surface area (Å²) in [6.07, 6.45) is 2.74. The van der Waals surface area contributed by atoms with Crippen molar-refractivity contribution in [2.75, 3.05) is 11.1 Å². The second-order valence-corrected chi connectivity index (χ2v) is 13.4. The molecule has 2 heterocycles. The van der Waals surface area contributed by atoms with Gasteiger partial charge in [-0.05, 0) is 36.2 Å². The van der Waals surface area contributed by atoms with Crippen LogP contribution in [0.25, 0.3) is 0 Å². The fourth-order valence-electron chi connectivity index (χ4n) is 3.25. The number of benzene rings is 1. The number of nitrogens with two attached hydrogens (primary N) is 1. The summed E-state index contributed by atoms with van der Waals surface area (Å²) in [6, 6.07) is 6.41. The van der Waals surface area contributed by atoms with Crippen molar-refractivity contribution in [2.24, 2.45) is 0 Å². The van der Waals surface area contributed by atoms with Gasteiger partial charge in [0.25, 0.3) is 0 Å². The number of carbonyl (C=O) groups is 1. The van der Waals surface area contributed by atoms with Crippen molar-refractivity contribution >= 4 is 36.4 Å². The van der Waals surface area contributed by atoms with Gasteiger partial charge >= 0.3 is 5.97 Å². The lowest BCUT2D eigenvalue weighted by Gasteiger charge is -2.19. The summed E-state index contributed by atoms with van der Waals surface area (Å²) in [6.45, 7) is 7.93. The molecule has 0 bridgehead atoms. The summed E-state index contributed by atoms with van der Waals surface area (Å²) in [5.74, 6) is -2.55. The third kappa shape index (κ3) is 4.71. The second kappa shape index (κ2) is 8.42. The number of nitrogen functional groups attached to an aromatic ring is 1. The molecule has 3 aromatic rings. The zero-order valence-electron chi connectivity index (χ0n) is 17.8. The summed E-state index contributed by atoms with van der Waals surface area (Å²) >= 11 is 0. The molecule has 0 aliphatic heterocycles. The highest BCUT2D eigenvalue weighted by atomic mass is 28.3. The molecule has 0 aliphatic rings. The lowest BCUT2D eigenvalue weighted by atomic mass is 10.0. The first-order valence-corrected chi connectivity index (χ1v) is 13.2. The van der Waals surface area contributed by atoms with Crippen molar-refractivity contribution < 1.29 is 18.7 Å². The fraction of sp³-hybridized carbons (Fsp3) is 0.227. The van der Waals surface area contributed by atoms with Gasteiger partial charge in [0.05, 0.1) is 31.2 Å². The number of carboxylic acid groups (broad SMARTS) is 1. The predicted octanol–water partition coefficient (Wildman–Crippen LogP) is 4.22. The molecule has 31 heavy (non-hydrogen) atoms. The molecular formula is C22H24F2N4O2Si. The molecule has 0 atom stereocenters. The first kappa shape index (κ1) is 22.4. The number of hydrogen-bond donors (Lipinski definition) is 3. The van der Waals surface area contributed by atoms with Crippen molar-refractivity contribution in [3.63, 3.8) is 0 Å². The van der Waals surface area contributed by atoms with Gasteiger partial charge in [-0.2, -0.15) is 0 Å². The zero-order valence-corrected chi connectivity index (χ0v) is 18.8. The quantitative estimate of drug-likeness (QED) is 0.494. The molecule has 0 radical (unpaired) electrons. The maximum Gasteiger partial charge on any atom is 0.338 e. The monoisotopic (exact) mass is 442 g/mol. The van der Waals surface area contributed by atoms with Crippen LogP contribution in [0.1, 0.15) is 27.2 Å². The van der Waals surface area contributed by atoms with Crippen LogP contribution in [0.3, 0.4) is 0 Å². The van der Waals surface area contributed by atoms with Crippen molar-refractivity contribution in [3.05, 3.63) is 70.7 Å². The average Bonchev–Trinajstić information content (AvgIpc) is 2.67. The van der Waals surface area contributed by atoms with Crippen LogP contribution in [0.15, 0.2) is 36.7 Å². The van der Waals surface area contributed by atoms with E-state index < -0.39 is 25.7 Å². The summed E-state index contributed by atoms with van der Waals surface area (Å²) in [5, 5.41) is 13.6. The number of aromatic carboxylic acids is 1. The van der Waals surface area contributed by atoms with E-state index in [2.05, 4.69) is 34.9 Å². The molecule has 0 aliphatic carbocycles. The SMILES string of the molecule is Cc1c(Cc2ccnc(N)c2F)ncc(Nc2ccc([Si](C)(C)C)cc2F)c1C(=O)O. The van der Waals surface area contributed by atoms with Crippen LogP contribution in [-0.4, -0.2) is 29.1 Å². The molecule has 1 aromatic carbocycles.